The topological polar surface area (TPSA) is 32.6 Å². The van der Waals surface area contributed by atoms with Crippen molar-refractivity contribution in [1.82, 2.24) is 10.2 Å². The van der Waals surface area contributed by atoms with Gasteiger partial charge in [-0.25, -0.2) is 0 Å². The van der Waals surface area contributed by atoms with Gasteiger partial charge in [0.05, 0.1) is 5.02 Å². The van der Waals surface area contributed by atoms with Crippen molar-refractivity contribution in [1.29, 1.82) is 0 Å². The molecule has 0 atom stereocenters. The molecule has 0 radical (unpaired) electrons. The molecule has 2 rings (SSSR count). The van der Waals surface area contributed by atoms with E-state index < -0.39 is 0 Å². The molecular weight excluding hydrogens is 210 g/mol. The SMILES string of the molecule is CC(C)c1[nH]nc[n+]1-c1ccccc1Cl. The number of aromatic nitrogens is 3. The summed E-state index contributed by atoms with van der Waals surface area (Å²) >= 11 is 6.13. The van der Waals surface area contributed by atoms with Crippen molar-refractivity contribution < 1.29 is 4.57 Å². The highest BCUT2D eigenvalue weighted by Crippen LogP contribution is 2.16. The van der Waals surface area contributed by atoms with Crippen LogP contribution in [-0.2, 0) is 0 Å². The molecule has 1 aromatic carbocycles. The van der Waals surface area contributed by atoms with Crippen LogP contribution in [-0.4, -0.2) is 10.2 Å². The smallest absolute Gasteiger partial charge is 0.199 e. The fourth-order valence-corrected chi connectivity index (χ4v) is 1.74. The Kier molecular flexibility index (Phi) is 2.73. The van der Waals surface area contributed by atoms with Crippen LogP contribution in [0.4, 0.5) is 0 Å². The van der Waals surface area contributed by atoms with Gasteiger partial charge < -0.3 is 0 Å². The average molecular weight is 223 g/mol. The summed E-state index contributed by atoms with van der Waals surface area (Å²) in [6.45, 7) is 4.22. The van der Waals surface area contributed by atoms with Gasteiger partial charge in [-0.1, -0.05) is 37.6 Å². The number of para-hydroxylation sites is 1. The number of benzene rings is 1. The van der Waals surface area contributed by atoms with Gasteiger partial charge in [0.2, 0.25) is 5.82 Å². The summed E-state index contributed by atoms with van der Waals surface area (Å²) in [6.07, 6.45) is 1.75. The van der Waals surface area contributed by atoms with Crippen molar-refractivity contribution in [2.75, 3.05) is 0 Å². The zero-order chi connectivity index (χ0) is 10.8. The minimum Gasteiger partial charge on any atom is -0.199 e. The summed E-state index contributed by atoms with van der Waals surface area (Å²) in [5, 5.41) is 7.75. The number of hydrogen-bond donors (Lipinski definition) is 1. The minimum absolute atomic E-state index is 0.378. The Morgan fingerprint density at radius 2 is 2.07 bits per heavy atom. The van der Waals surface area contributed by atoms with E-state index in [1.54, 1.807) is 6.33 Å². The Morgan fingerprint density at radius 3 is 2.73 bits per heavy atom. The summed E-state index contributed by atoms with van der Waals surface area (Å²) in [7, 11) is 0. The maximum atomic E-state index is 6.13. The fraction of sp³-hybridized carbons (Fsp3) is 0.273. The van der Waals surface area contributed by atoms with Crippen LogP contribution in [0.15, 0.2) is 30.6 Å². The maximum Gasteiger partial charge on any atom is 0.270 e. The summed E-state index contributed by atoms with van der Waals surface area (Å²) < 4.78 is 1.98. The lowest BCUT2D eigenvalue weighted by Gasteiger charge is -2.04. The highest BCUT2D eigenvalue weighted by atomic mass is 35.5. The van der Waals surface area contributed by atoms with Crippen molar-refractivity contribution >= 4 is 11.6 Å². The van der Waals surface area contributed by atoms with Gasteiger partial charge in [0.1, 0.15) is 5.69 Å². The number of nitrogens with zero attached hydrogens (tertiary/aromatic N) is 2. The molecule has 0 aliphatic rings. The first-order valence-corrected chi connectivity index (χ1v) is 5.27. The third kappa shape index (κ3) is 1.88. The van der Waals surface area contributed by atoms with E-state index in [0.29, 0.717) is 5.92 Å². The summed E-state index contributed by atoms with van der Waals surface area (Å²) in [6, 6.07) is 7.73. The maximum absolute atomic E-state index is 6.13. The van der Waals surface area contributed by atoms with Gasteiger partial charge >= 0.3 is 0 Å². The molecule has 0 unspecified atom stereocenters. The highest BCUT2D eigenvalue weighted by molar-refractivity contribution is 6.32. The Hall–Kier alpha value is -1.35. The van der Waals surface area contributed by atoms with Gasteiger partial charge in [0, 0.05) is 11.0 Å². The van der Waals surface area contributed by atoms with Crippen LogP contribution < -0.4 is 4.57 Å². The lowest BCUT2D eigenvalue weighted by atomic mass is 10.2. The normalized spacial score (nSPS) is 10.9. The molecule has 0 saturated carbocycles. The second-order valence-corrected chi connectivity index (χ2v) is 4.12. The average Bonchev–Trinajstić information content (AvgIpc) is 2.67. The Morgan fingerprint density at radius 1 is 1.33 bits per heavy atom. The van der Waals surface area contributed by atoms with Gasteiger partial charge in [-0.05, 0) is 12.1 Å². The third-order valence-electron chi connectivity index (χ3n) is 2.27. The molecule has 0 saturated heterocycles. The fourth-order valence-electron chi connectivity index (χ4n) is 1.52. The van der Waals surface area contributed by atoms with E-state index in [1.165, 1.54) is 0 Å². The number of H-pyrrole nitrogens is 1. The Bertz CT molecular complexity index is 462. The molecule has 78 valence electrons. The second-order valence-electron chi connectivity index (χ2n) is 3.72. The molecule has 3 nitrogen and oxygen atoms in total. The first kappa shape index (κ1) is 10.2. The number of aromatic amines is 1. The number of rotatable bonds is 2. The molecule has 2 aromatic rings. The molecule has 15 heavy (non-hydrogen) atoms. The van der Waals surface area contributed by atoms with Crippen molar-refractivity contribution in [2.24, 2.45) is 0 Å². The van der Waals surface area contributed by atoms with Gasteiger partial charge in [0.25, 0.3) is 6.33 Å². The van der Waals surface area contributed by atoms with Crippen LogP contribution in [0, 0.1) is 0 Å². The van der Waals surface area contributed by atoms with Crippen LogP contribution in [0.5, 0.6) is 0 Å². The standard InChI is InChI=1S/C11H12ClN3/c1-8(2)11-14-13-7-15(11)10-6-4-3-5-9(10)12/h3-8H,1-2H3/p+1. The largest absolute Gasteiger partial charge is 0.270 e. The van der Waals surface area contributed by atoms with Crippen LogP contribution in [0.25, 0.3) is 5.69 Å². The molecule has 4 heteroatoms. The molecule has 1 N–H and O–H groups in total. The van der Waals surface area contributed by atoms with Crippen LogP contribution >= 0.6 is 11.6 Å². The van der Waals surface area contributed by atoms with E-state index in [2.05, 4.69) is 24.0 Å². The molecule has 0 amide bonds. The zero-order valence-electron chi connectivity index (χ0n) is 8.74. The quantitative estimate of drug-likeness (QED) is 0.778. The molecular formula is C11H13ClN3+. The molecule has 0 bridgehead atoms. The van der Waals surface area contributed by atoms with E-state index in [0.717, 1.165) is 16.5 Å². The van der Waals surface area contributed by atoms with E-state index in [-0.39, 0.29) is 0 Å². The summed E-state index contributed by atoms with van der Waals surface area (Å²) in [4.78, 5) is 0. The molecule has 1 aromatic heterocycles. The van der Waals surface area contributed by atoms with Gasteiger partial charge in [-0.3, -0.25) is 0 Å². The molecule has 0 aliphatic heterocycles. The minimum atomic E-state index is 0.378. The number of hydrogen-bond acceptors (Lipinski definition) is 1. The summed E-state index contributed by atoms with van der Waals surface area (Å²) in [5.74, 6) is 1.42. The molecule has 0 aliphatic carbocycles. The molecule has 0 fully saturated rings. The predicted molar refractivity (Wildman–Crippen MR) is 59.2 cm³/mol. The van der Waals surface area contributed by atoms with Gasteiger partial charge in [-0.2, -0.15) is 4.57 Å². The van der Waals surface area contributed by atoms with Crippen LogP contribution in [0.3, 0.4) is 0 Å². The van der Waals surface area contributed by atoms with Crippen LogP contribution in [0.2, 0.25) is 5.02 Å². The summed E-state index contributed by atoms with van der Waals surface area (Å²) in [5.41, 5.74) is 0.955. The second kappa shape index (κ2) is 4.03. The first-order chi connectivity index (χ1) is 7.20. The first-order valence-electron chi connectivity index (χ1n) is 4.90. The van der Waals surface area contributed by atoms with Crippen molar-refractivity contribution in [3.05, 3.63) is 41.4 Å². The third-order valence-corrected chi connectivity index (χ3v) is 2.59. The van der Waals surface area contributed by atoms with Crippen molar-refractivity contribution in [3.63, 3.8) is 0 Å². The number of halogens is 1. The lowest BCUT2D eigenvalue weighted by Crippen LogP contribution is -2.34. The van der Waals surface area contributed by atoms with E-state index in [4.69, 9.17) is 11.6 Å². The number of nitrogens with one attached hydrogen (secondary N) is 1. The monoisotopic (exact) mass is 222 g/mol. The molecule has 1 heterocycles. The zero-order valence-corrected chi connectivity index (χ0v) is 9.49. The van der Waals surface area contributed by atoms with E-state index >= 15 is 0 Å². The van der Waals surface area contributed by atoms with E-state index in [9.17, 15) is 0 Å². The van der Waals surface area contributed by atoms with Gasteiger partial charge in [0.15, 0.2) is 0 Å². The lowest BCUT2D eigenvalue weighted by molar-refractivity contribution is -0.605. The van der Waals surface area contributed by atoms with E-state index in [1.807, 2.05) is 28.8 Å². The Labute approximate surface area is 93.7 Å². The predicted octanol–water partition coefficient (Wildman–Crippen LogP) is 2.46. The van der Waals surface area contributed by atoms with Crippen molar-refractivity contribution in [3.8, 4) is 5.69 Å². The van der Waals surface area contributed by atoms with Crippen LogP contribution in [0.1, 0.15) is 25.6 Å². The highest BCUT2D eigenvalue weighted by Gasteiger charge is 2.17. The van der Waals surface area contributed by atoms with Gasteiger partial charge in [-0.15, -0.1) is 5.10 Å². The van der Waals surface area contributed by atoms with Crippen molar-refractivity contribution in [2.45, 2.75) is 19.8 Å². The Balaban J connectivity index is 2.55. The molecule has 0 spiro atoms.